The van der Waals surface area contributed by atoms with Crippen LogP contribution < -0.4 is 15.4 Å². The van der Waals surface area contributed by atoms with Gasteiger partial charge in [0.15, 0.2) is 5.11 Å². The van der Waals surface area contributed by atoms with Crippen molar-refractivity contribution in [2.45, 2.75) is 6.92 Å². The number of thiocarbonyl (C=S) groups is 1. The molecule has 0 bridgehead atoms. The summed E-state index contributed by atoms with van der Waals surface area (Å²) in [5.41, 5.74) is 4.59. The van der Waals surface area contributed by atoms with E-state index in [-0.39, 0.29) is 11.0 Å². The predicted molar refractivity (Wildman–Crippen MR) is 128 cm³/mol. The second-order valence-corrected chi connectivity index (χ2v) is 7.71. The summed E-state index contributed by atoms with van der Waals surface area (Å²) >= 11 is 11.5. The SMILES string of the molecule is COc1ccc(-c2nc3ccccc3[nH]2)cc1NC(=S)NC(=O)c1ccc(C)c(Cl)c1. The van der Waals surface area contributed by atoms with E-state index in [4.69, 9.17) is 28.6 Å². The number of H-pyrrole nitrogens is 1. The second kappa shape index (κ2) is 8.75. The van der Waals surface area contributed by atoms with Gasteiger partial charge < -0.3 is 15.0 Å². The monoisotopic (exact) mass is 450 g/mol. The molecule has 0 aliphatic heterocycles. The Hall–Kier alpha value is -3.42. The minimum Gasteiger partial charge on any atom is -0.495 e. The maximum absolute atomic E-state index is 12.5. The highest BCUT2D eigenvalue weighted by molar-refractivity contribution is 7.80. The zero-order chi connectivity index (χ0) is 22.0. The molecule has 0 spiro atoms. The van der Waals surface area contributed by atoms with Crippen molar-refractivity contribution in [1.82, 2.24) is 15.3 Å². The van der Waals surface area contributed by atoms with E-state index in [1.165, 1.54) is 0 Å². The van der Waals surface area contributed by atoms with Crippen molar-refractivity contribution in [3.8, 4) is 17.1 Å². The number of imidazole rings is 1. The highest BCUT2D eigenvalue weighted by Crippen LogP contribution is 2.30. The number of amides is 1. The molecule has 1 aromatic heterocycles. The molecule has 31 heavy (non-hydrogen) atoms. The number of aromatic nitrogens is 2. The van der Waals surface area contributed by atoms with Gasteiger partial charge in [0, 0.05) is 16.1 Å². The third-order valence-corrected chi connectivity index (χ3v) is 5.38. The van der Waals surface area contributed by atoms with Gasteiger partial charge in [0.2, 0.25) is 0 Å². The van der Waals surface area contributed by atoms with Crippen LogP contribution in [0.4, 0.5) is 5.69 Å². The summed E-state index contributed by atoms with van der Waals surface area (Å²) in [7, 11) is 1.57. The van der Waals surface area contributed by atoms with Crippen LogP contribution in [-0.2, 0) is 0 Å². The number of fused-ring (bicyclic) bond motifs is 1. The Kier molecular flexibility index (Phi) is 5.88. The zero-order valence-corrected chi connectivity index (χ0v) is 18.4. The maximum atomic E-state index is 12.5. The topological polar surface area (TPSA) is 79.0 Å². The van der Waals surface area contributed by atoms with Crippen LogP contribution in [0.5, 0.6) is 5.75 Å². The first-order chi connectivity index (χ1) is 14.9. The van der Waals surface area contributed by atoms with Gasteiger partial charge in [0.25, 0.3) is 5.91 Å². The molecule has 4 rings (SSSR count). The molecule has 1 amide bonds. The van der Waals surface area contributed by atoms with Crippen LogP contribution in [0.25, 0.3) is 22.4 Å². The van der Waals surface area contributed by atoms with E-state index in [0.29, 0.717) is 22.0 Å². The molecule has 3 N–H and O–H groups in total. The van der Waals surface area contributed by atoms with Crippen molar-refractivity contribution in [2.24, 2.45) is 0 Å². The third kappa shape index (κ3) is 4.52. The van der Waals surface area contributed by atoms with Crippen LogP contribution in [0, 0.1) is 6.92 Å². The molecule has 3 aromatic carbocycles. The summed E-state index contributed by atoms with van der Waals surface area (Å²) in [6, 6.07) is 18.5. The van der Waals surface area contributed by atoms with Crippen LogP contribution in [0.15, 0.2) is 60.7 Å². The van der Waals surface area contributed by atoms with E-state index in [1.54, 1.807) is 25.3 Å². The van der Waals surface area contributed by atoms with Gasteiger partial charge in [0.1, 0.15) is 11.6 Å². The molecular weight excluding hydrogens is 432 g/mol. The molecule has 0 saturated carbocycles. The molecule has 1 heterocycles. The number of benzene rings is 3. The molecule has 0 atom stereocenters. The lowest BCUT2D eigenvalue weighted by Gasteiger charge is -2.14. The summed E-state index contributed by atoms with van der Waals surface area (Å²) in [5, 5.41) is 6.36. The van der Waals surface area contributed by atoms with Crippen LogP contribution in [0.2, 0.25) is 5.02 Å². The number of halogens is 1. The molecule has 156 valence electrons. The fraction of sp³-hybridized carbons (Fsp3) is 0.0870. The number of carbonyl (C=O) groups excluding carboxylic acids is 1. The predicted octanol–water partition coefficient (Wildman–Crippen LogP) is 5.33. The Morgan fingerprint density at radius 1 is 1.13 bits per heavy atom. The van der Waals surface area contributed by atoms with E-state index in [0.717, 1.165) is 28.0 Å². The smallest absolute Gasteiger partial charge is 0.257 e. The first-order valence-corrected chi connectivity index (χ1v) is 10.2. The quantitative estimate of drug-likeness (QED) is 0.366. The van der Waals surface area contributed by atoms with Gasteiger partial charge in [-0.2, -0.15) is 0 Å². The zero-order valence-electron chi connectivity index (χ0n) is 16.8. The number of hydrogen-bond acceptors (Lipinski definition) is 4. The number of nitrogens with one attached hydrogen (secondary N) is 3. The van der Waals surface area contributed by atoms with E-state index in [2.05, 4.69) is 20.6 Å². The van der Waals surface area contributed by atoms with Crippen LogP contribution in [0.1, 0.15) is 15.9 Å². The minimum atomic E-state index is -0.355. The van der Waals surface area contributed by atoms with E-state index < -0.39 is 0 Å². The molecule has 0 unspecified atom stereocenters. The molecular formula is C23H19ClN4O2S. The summed E-state index contributed by atoms with van der Waals surface area (Å²) in [6.07, 6.45) is 0. The number of aromatic amines is 1. The summed E-state index contributed by atoms with van der Waals surface area (Å²) < 4.78 is 5.43. The summed E-state index contributed by atoms with van der Waals surface area (Å²) in [5.74, 6) is 0.942. The van der Waals surface area contributed by atoms with Gasteiger partial charge in [-0.15, -0.1) is 0 Å². The number of carbonyl (C=O) groups is 1. The number of aryl methyl sites for hydroxylation is 1. The summed E-state index contributed by atoms with van der Waals surface area (Å²) in [6.45, 7) is 1.87. The Labute approximate surface area is 189 Å². The molecule has 0 aliphatic carbocycles. The van der Waals surface area contributed by atoms with Crippen molar-refractivity contribution >= 4 is 51.6 Å². The van der Waals surface area contributed by atoms with Crippen molar-refractivity contribution in [3.63, 3.8) is 0 Å². The molecule has 8 heteroatoms. The van der Waals surface area contributed by atoms with Gasteiger partial charge in [-0.3, -0.25) is 10.1 Å². The van der Waals surface area contributed by atoms with Gasteiger partial charge in [-0.1, -0.05) is 29.8 Å². The van der Waals surface area contributed by atoms with Gasteiger partial charge in [-0.05, 0) is 67.2 Å². The highest BCUT2D eigenvalue weighted by atomic mass is 35.5. The molecule has 0 radical (unpaired) electrons. The Bertz CT molecular complexity index is 1270. The van der Waals surface area contributed by atoms with Gasteiger partial charge >= 0.3 is 0 Å². The molecule has 0 aliphatic rings. The van der Waals surface area contributed by atoms with Crippen molar-refractivity contribution in [2.75, 3.05) is 12.4 Å². The number of para-hydroxylation sites is 2. The average Bonchev–Trinajstić information content (AvgIpc) is 3.20. The standard InChI is InChI=1S/C23H19ClN4O2S/c1-13-7-8-15(11-16(13)24)22(29)28-23(31)27-19-12-14(9-10-20(19)30-2)21-25-17-5-3-4-6-18(17)26-21/h3-12H,1-2H3,(H,25,26)(H2,27,28,29,31). The van der Waals surface area contributed by atoms with E-state index in [9.17, 15) is 4.79 Å². The number of hydrogen-bond donors (Lipinski definition) is 3. The lowest BCUT2D eigenvalue weighted by molar-refractivity contribution is 0.0977. The molecule has 0 fully saturated rings. The Balaban J connectivity index is 1.55. The van der Waals surface area contributed by atoms with Crippen molar-refractivity contribution < 1.29 is 9.53 Å². The number of nitrogens with zero attached hydrogens (tertiary/aromatic N) is 1. The largest absolute Gasteiger partial charge is 0.495 e. The van der Waals surface area contributed by atoms with Crippen molar-refractivity contribution in [3.05, 3.63) is 76.8 Å². The van der Waals surface area contributed by atoms with E-state index >= 15 is 0 Å². The van der Waals surface area contributed by atoms with E-state index in [1.807, 2.05) is 49.4 Å². The third-order valence-electron chi connectivity index (χ3n) is 4.77. The van der Waals surface area contributed by atoms with Crippen LogP contribution in [0.3, 0.4) is 0 Å². The Morgan fingerprint density at radius 3 is 2.68 bits per heavy atom. The first-order valence-electron chi connectivity index (χ1n) is 9.46. The lowest BCUT2D eigenvalue weighted by Crippen LogP contribution is -2.34. The number of ether oxygens (including phenoxy) is 1. The first kappa shape index (κ1) is 20.8. The van der Waals surface area contributed by atoms with Crippen LogP contribution in [-0.4, -0.2) is 28.1 Å². The fourth-order valence-corrected chi connectivity index (χ4v) is 3.49. The average molecular weight is 451 g/mol. The lowest BCUT2D eigenvalue weighted by atomic mass is 10.1. The number of rotatable bonds is 4. The fourth-order valence-electron chi connectivity index (χ4n) is 3.11. The molecule has 6 nitrogen and oxygen atoms in total. The minimum absolute atomic E-state index is 0.141. The Morgan fingerprint density at radius 2 is 1.94 bits per heavy atom. The molecule has 0 saturated heterocycles. The number of anilines is 1. The highest BCUT2D eigenvalue weighted by Gasteiger charge is 2.13. The number of methoxy groups -OCH3 is 1. The van der Waals surface area contributed by atoms with Gasteiger partial charge in [-0.25, -0.2) is 4.98 Å². The maximum Gasteiger partial charge on any atom is 0.257 e. The normalized spacial score (nSPS) is 10.7. The second-order valence-electron chi connectivity index (χ2n) is 6.89. The van der Waals surface area contributed by atoms with Gasteiger partial charge in [0.05, 0.1) is 23.8 Å². The molecule has 4 aromatic rings. The summed E-state index contributed by atoms with van der Waals surface area (Å²) in [4.78, 5) is 20.4. The van der Waals surface area contributed by atoms with Crippen molar-refractivity contribution in [1.29, 1.82) is 0 Å². The van der Waals surface area contributed by atoms with Crippen LogP contribution >= 0.6 is 23.8 Å².